The van der Waals surface area contributed by atoms with Crippen molar-refractivity contribution >= 4 is 27.3 Å². The Labute approximate surface area is 101 Å². The minimum atomic E-state index is -3.31. The van der Waals surface area contributed by atoms with Gasteiger partial charge in [-0.2, -0.15) is 0 Å². The predicted molar refractivity (Wildman–Crippen MR) is 68.6 cm³/mol. The molecule has 6 heteroatoms. The summed E-state index contributed by atoms with van der Waals surface area (Å²) in [6.07, 6.45) is 1.47. The molecule has 2 N–H and O–H groups in total. The SMILES string of the molecule is CCC(=O)Nc1cccc(NS(C)(=O)=O)c1C. The maximum absolute atomic E-state index is 11.3. The van der Waals surface area contributed by atoms with Gasteiger partial charge in [0, 0.05) is 12.1 Å². The van der Waals surface area contributed by atoms with Crippen LogP contribution >= 0.6 is 0 Å². The van der Waals surface area contributed by atoms with Gasteiger partial charge in [-0.3, -0.25) is 9.52 Å². The number of rotatable bonds is 4. The Morgan fingerprint density at radius 1 is 1.29 bits per heavy atom. The van der Waals surface area contributed by atoms with E-state index in [2.05, 4.69) is 10.0 Å². The van der Waals surface area contributed by atoms with Gasteiger partial charge in [0.05, 0.1) is 11.9 Å². The van der Waals surface area contributed by atoms with Gasteiger partial charge in [-0.1, -0.05) is 13.0 Å². The van der Waals surface area contributed by atoms with Crippen LogP contribution in [0.4, 0.5) is 11.4 Å². The maximum Gasteiger partial charge on any atom is 0.229 e. The summed E-state index contributed by atoms with van der Waals surface area (Å²) in [7, 11) is -3.31. The summed E-state index contributed by atoms with van der Waals surface area (Å²) >= 11 is 0. The van der Waals surface area contributed by atoms with Crippen LogP contribution in [-0.2, 0) is 14.8 Å². The molecule has 0 saturated heterocycles. The van der Waals surface area contributed by atoms with E-state index in [1.807, 2.05) is 0 Å². The van der Waals surface area contributed by atoms with Crippen LogP contribution in [0.5, 0.6) is 0 Å². The van der Waals surface area contributed by atoms with Gasteiger partial charge in [-0.25, -0.2) is 8.42 Å². The van der Waals surface area contributed by atoms with Crippen LogP contribution < -0.4 is 10.0 Å². The average molecular weight is 256 g/mol. The molecule has 1 aromatic rings. The first-order valence-electron chi connectivity index (χ1n) is 5.20. The van der Waals surface area contributed by atoms with Crippen molar-refractivity contribution in [3.63, 3.8) is 0 Å². The van der Waals surface area contributed by atoms with E-state index in [9.17, 15) is 13.2 Å². The van der Waals surface area contributed by atoms with Crippen molar-refractivity contribution in [2.45, 2.75) is 20.3 Å². The summed E-state index contributed by atoms with van der Waals surface area (Å²) in [4.78, 5) is 11.3. The van der Waals surface area contributed by atoms with E-state index in [1.165, 1.54) is 0 Å². The van der Waals surface area contributed by atoms with E-state index in [1.54, 1.807) is 32.0 Å². The number of hydrogen-bond donors (Lipinski definition) is 2. The third-order valence-electron chi connectivity index (χ3n) is 2.22. The zero-order chi connectivity index (χ0) is 13.1. The summed E-state index contributed by atoms with van der Waals surface area (Å²) < 4.78 is 24.7. The zero-order valence-corrected chi connectivity index (χ0v) is 10.9. The van der Waals surface area contributed by atoms with E-state index in [-0.39, 0.29) is 5.91 Å². The fourth-order valence-electron chi connectivity index (χ4n) is 1.32. The molecule has 0 spiro atoms. The molecular formula is C11H16N2O3S. The third-order valence-corrected chi connectivity index (χ3v) is 2.82. The summed E-state index contributed by atoms with van der Waals surface area (Å²) in [5, 5.41) is 2.71. The number of amides is 1. The first-order chi connectivity index (χ1) is 7.83. The standard InChI is InChI=1S/C11H16N2O3S/c1-4-11(14)12-9-6-5-7-10(8(9)2)13-17(3,15)16/h5-7,13H,4H2,1-3H3,(H,12,14). The molecule has 0 heterocycles. The molecule has 0 atom stereocenters. The lowest BCUT2D eigenvalue weighted by Crippen LogP contribution is -2.14. The Morgan fingerprint density at radius 3 is 2.41 bits per heavy atom. The van der Waals surface area contributed by atoms with Crippen LogP contribution in [0, 0.1) is 6.92 Å². The van der Waals surface area contributed by atoms with Crippen molar-refractivity contribution in [1.29, 1.82) is 0 Å². The quantitative estimate of drug-likeness (QED) is 0.861. The Balaban J connectivity index is 3.03. The zero-order valence-electron chi connectivity index (χ0n) is 10.1. The van der Waals surface area contributed by atoms with Crippen molar-refractivity contribution in [2.75, 3.05) is 16.3 Å². The normalized spacial score (nSPS) is 11.0. The topological polar surface area (TPSA) is 75.3 Å². The molecule has 0 bridgehead atoms. The summed E-state index contributed by atoms with van der Waals surface area (Å²) in [5.74, 6) is -0.107. The van der Waals surface area contributed by atoms with Gasteiger partial charge in [0.25, 0.3) is 0 Å². The van der Waals surface area contributed by atoms with E-state index < -0.39 is 10.0 Å². The second kappa shape index (κ2) is 5.18. The smallest absolute Gasteiger partial charge is 0.229 e. The number of carbonyl (C=O) groups excluding carboxylic acids is 1. The highest BCUT2D eigenvalue weighted by molar-refractivity contribution is 7.92. The largest absolute Gasteiger partial charge is 0.326 e. The molecule has 5 nitrogen and oxygen atoms in total. The van der Waals surface area contributed by atoms with Crippen LogP contribution in [0.1, 0.15) is 18.9 Å². The van der Waals surface area contributed by atoms with Gasteiger partial charge in [-0.15, -0.1) is 0 Å². The highest BCUT2D eigenvalue weighted by Gasteiger charge is 2.09. The monoisotopic (exact) mass is 256 g/mol. The number of benzene rings is 1. The molecule has 1 aromatic carbocycles. The fraction of sp³-hybridized carbons (Fsp3) is 0.364. The second-order valence-electron chi connectivity index (χ2n) is 3.75. The Morgan fingerprint density at radius 2 is 1.88 bits per heavy atom. The fourth-order valence-corrected chi connectivity index (χ4v) is 1.94. The number of sulfonamides is 1. The molecule has 0 radical (unpaired) electrons. The van der Waals surface area contributed by atoms with Gasteiger partial charge < -0.3 is 5.32 Å². The predicted octanol–water partition coefficient (Wildman–Crippen LogP) is 1.72. The van der Waals surface area contributed by atoms with E-state index >= 15 is 0 Å². The lowest BCUT2D eigenvalue weighted by atomic mass is 10.1. The number of nitrogens with one attached hydrogen (secondary N) is 2. The molecule has 0 fully saturated rings. The summed E-state index contributed by atoms with van der Waals surface area (Å²) in [6.45, 7) is 3.50. The highest BCUT2D eigenvalue weighted by atomic mass is 32.2. The minimum absolute atomic E-state index is 0.107. The van der Waals surface area contributed by atoms with Crippen LogP contribution in [0.25, 0.3) is 0 Å². The van der Waals surface area contributed by atoms with Gasteiger partial charge in [0.1, 0.15) is 0 Å². The minimum Gasteiger partial charge on any atom is -0.326 e. The molecule has 94 valence electrons. The van der Waals surface area contributed by atoms with Crippen LogP contribution in [-0.4, -0.2) is 20.6 Å². The first kappa shape index (κ1) is 13.5. The third kappa shape index (κ3) is 4.07. The second-order valence-corrected chi connectivity index (χ2v) is 5.50. The molecule has 1 amide bonds. The Hall–Kier alpha value is -1.56. The lowest BCUT2D eigenvalue weighted by molar-refractivity contribution is -0.115. The lowest BCUT2D eigenvalue weighted by Gasteiger charge is -2.12. The van der Waals surface area contributed by atoms with Crippen molar-refractivity contribution in [3.8, 4) is 0 Å². The van der Waals surface area contributed by atoms with Gasteiger partial charge in [0.15, 0.2) is 0 Å². The molecule has 0 aromatic heterocycles. The van der Waals surface area contributed by atoms with Crippen molar-refractivity contribution in [1.82, 2.24) is 0 Å². The molecular weight excluding hydrogens is 240 g/mol. The van der Waals surface area contributed by atoms with E-state index in [4.69, 9.17) is 0 Å². The van der Waals surface area contributed by atoms with Gasteiger partial charge >= 0.3 is 0 Å². The van der Waals surface area contributed by atoms with Crippen LogP contribution in [0.15, 0.2) is 18.2 Å². The molecule has 0 unspecified atom stereocenters. The van der Waals surface area contributed by atoms with Crippen molar-refractivity contribution in [3.05, 3.63) is 23.8 Å². The Kier molecular flexibility index (Phi) is 4.11. The first-order valence-corrected chi connectivity index (χ1v) is 7.10. The van der Waals surface area contributed by atoms with Crippen LogP contribution in [0.3, 0.4) is 0 Å². The Bertz CT molecular complexity index is 524. The van der Waals surface area contributed by atoms with Gasteiger partial charge in [0.2, 0.25) is 15.9 Å². The number of hydrogen-bond acceptors (Lipinski definition) is 3. The molecule has 0 aliphatic heterocycles. The van der Waals surface area contributed by atoms with E-state index in [0.717, 1.165) is 6.26 Å². The molecule has 17 heavy (non-hydrogen) atoms. The molecule has 1 rings (SSSR count). The average Bonchev–Trinajstić information content (AvgIpc) is 2.22. The summed E-state index contributed by atoms with van der Waals surface area (Å²) in [5.41, 5.74) is 1.78. The molecule has 0 aliphatic rings. The van der Waals surface area contributed by atoms with Crippen molar-refractivity contribution in [2.24, 2.45) is 0 Å². The summed E-state index contributed by atoms with van der Waals surface area (Å²) in [6, 6.07) is 5.07. The van der Waals surface area contributed by atoms with E-state index in [0.29, 0.717) is 23.4 Å². The number of anilines is 2. The van der Waals surface area contributed by atoms with Gasteiger partial charge in [-0.05, 0) is 24.6 Å². The number of carbonyl (C=O) groups is 1. The highest BCUT2D eigenvalue weighted by Crippen LogP contribution is 2.24. The molecule has 0 saturated carbocycles. The van der Waals surface area contributed by atoms with Crippen LogP contribution in [0.2, 0.25) is 0 Å². The van der Waals surface area contributed by atoms with Crippen molar-refractivity contribution < 1.29 is 13.2 Å². The maximum atomic E-state index is 11.3. The molecule has 0 aliphatic carbocycles.